The van der Waals surface area contributed by atoms with Crippen molar-refractivity contribution in [1.82, 2.24) is 40.6 Å². The fourth-order valence-corrected chi connectivity index (χ4v) is 6.12. The highest BCUT2D eigenvalue weighted by Gasteiger charge is 2.32. The minimum absolute atomic E-state index is 0.135. The Balaban J connectivity index is 0.000000157. The Hall–Kier alpha value is -5.34. The molecule has 4 heterocycles. The number of halogens is 6. The van der Waals surface area contributed by atoms with E-state index in [0.717, 1.165) is 35.7 Å². The molecule has 0 amide bonds. The van der Waals surface area contributed by atoms with Gasteiger partial charge in [-0.2, -0.15) is 26.3 Å². The lowest BCUT2D eigenvalue weighted by atomic mass is 10.0. The zero-order valence-corrected chi connectivity index (χ0v) is 26.3. The molecule has 0 bridgehead atoms. The van der Waals surface area contributed by atoms with Crippen LogP contribution in [0.1, 0.15) is 45.7 Å². The molecule has 6 aromatic rings. The molecule has 2 N–H and O–H groups in total. The summed E-state index contributed by atoms with van der Waals surface area (Å²) in [6.45, 7) is 2.38. The van der Waals surface area contributed by atoms with Crippen LogP contribution in [0.5, 0.6) is 0 Å². The standard InChI is InChI=1S/2C18H15F3N4/c2*19-18(20,21)14-8-6-13(7-9-14)17-16-10-22-15(11-25(16)24-23-17)12-4-2-1-3-5-12/h2*1-9,15,22H,10-11H2/t2*15-/m00/s1. The second kappa shape index (κ2) is 13.5. The van der Waals surface area contributed by atoms with Crippen LogP contribution in [-0.2, 0) is 38.5 Å². The average molecular weight is 689 g/mol. The number of fused-ring (bicyclic) bond motifs is 2. The van der Waals surface area contributed by atoms with Gasteiger partial charge in [-0.25, -0.2) is 9.36 Å². The number of alkyl halides is 6. The molecule has 8 nitrogen and oxygen atoms in total. The first kappa shape index (κ1) is 33.2. The lowest BCUT2D eigenvalue weighted by Gasteiger charge is -2.25. The van der Waals surface area contributed by atoms with Crippen molar-refractivity contribution in [3.63, 3.8) is 0 Å². The third kappa shape index (κ3) is 7.03. The molecule has 0 saturated carbocycles. The van der Waals surface area contributed by atoms with Crippen LogP contribution < -0.4 is 10.6 Å². The maximum Gasteiger partial charge on any atom is 0.416 e. The van der Waals surface area contributed by atoms with Gasteiger partial charge in [0.1, 0.15) is 11.4 Å². The summed E-state index contributed by atoms with van der Waals surface area (Å²) in [5.41, 5.74) is 5.27. The van der Waals surface area contributed by atoms with Gasteiger partial charge in [-0.05, 0) is 35.4 Å². The first-order valence-electron chi connectivity index (χ1n) is 15.8. The van der Waals surface area contributed by atoms with Crippen LogP contribution >= 0.6 is 0 Å². The van der Waals surface area contributed by atoms with E-state index in [1.807, 2.05) is 45.8 Å². The Morgan fingerprint density at radius 2 is 0.860 bits per heavy atom. The predicted molar refractivity (Wildman–Crippen MR) is 173 cm³/mol. The van der Waals surface area contributed by atoms with Crippen molar-refractivity contribution in [3.8, 4) is 22.5 Å². The quantitative estimate of drug-likeness (QED) is 0.186. The Labute approximate surface area is 282 Å². The fraction of sp³-hybridized carbons (Fsp3) is 0.222. The minimum Gasteiger partial charge on any atom is -0.303 e. The van der Waals surface area contributed by atoms with Gasteiger partial charge in [-0.15, -0.1) is 10.2 Å². The molecule has 0 spiro atoms. The fourth-order valence-electron chi connectivity index (χ4n) is 6.12. The topological polar surface area (TPSA) is 85.5 Å². The van der Waals surface area contributed by atoms with Crippen LogP contribution in [-0.4, -0.2) is 30.0 Å². The van der Waals surface area contributed by atoms with Gasteiger partial charge in [0.15, 0.2) is 0 Å². The lowest BCUT2D eigenvalue weighted by Crippen LogP contribution is -2.32. The minimum atomic E-state index is -4.34. The van der Waals surface area contributed by atoms with E-state index in [1.165, 1.54) is 35.4 Å². The van der Waals surface area contributed by atoms with Crippen LogP contribution in [0.3, 0.4) is 0 Å². The molecule has 2 aliphatic rings. The van der Waals surface area contributed by atoms with Crippen molar-refractivity contribution >= 4 is 0 Å². The molecule has 2 atom stereocenters. The van der Waals surface area contributed by atoms with Gasteiger partial charge in [0.25, 0.3) is 0 Å². The maximum absolute atomic E-state index is 12.7. The molecular weight excluding hydrogens is 658 g/mol. The molecule has 4 aromatic carbocycles. The van der Waals surface area contributed by atoms with Crippen molar-refractivity contribution in [2.75, 3.05) is 0 Å². The summed E-state index contributed by atoms with van der Waals surface area (Å²) in [6.07, 6.45) is -8.68. The van der Waals surface area contributed by atoms with Crippen molar-refractivity contribution < 1.29 is 26.3 Å². The molecule has 2 aliphatic heterocycles. The zero-order valence-electron chi connectivity index (χ0n) is 26.3. The summed E-state index contributed by atoms with van der Waals surface area (Å²) >= 11 is 0. The molecule has 0 aliphatic carbocycles. The van der Waals surface area contributed by atoms with E-state index in [2.05, 4.69) is 55.5 Å². The van der Waals surface area contributed by atoms with Gasteiger partial charge in [0, 0.05) is 24.2 Å². The van der Waals surface area contributed by atoms with Gasteiger partial charge >= 0.3 is 12.4 Å². The van der Waals surface area contributed by atoms with Crippen LogP contribution in [0.15, 0.2) is 109 Å². The van der Waals surface area contributed by atoms with Crippen LogP contribution in [0, 0.1) is 0 Å². The van der Waals surface area contributed by atoms with Crippen LogP contribution in [0.4, 0.5) is 26.3 Å². The van der Waals surface area contributed by atoms with Gasteiger partial charge < -0.3 is 10.6 Å². The van der Waals surface area contributed by atoms with Crippen LogP contribution in [0.25, 0.3) is 22.5 Å². The number of benzene rings is 4. The molecule has 256 valence electrons. The van der Waals surface area contributed by atoms with Crippen molar-refractivity contribution in [2.24, 2.45) is 0 Å². The van der Waals surface area contributed by atoms with E-state index in [-0.39, 0.29) is 12.1 Å². The van der Waals surface area contributed by atoms with Gasteiger partial charge in [-0.1, -0.05) is 95.4 Å². The molecule has 14 heteroatoms. The first-order valence-corrected chi connectivity index (χ1v) is 15.8. The largest absolute Gasteiger partial charge is 0.416 e. The monoisotopic (exact) mass is 688 g/mol. The van der Waals surface area contributed by atoms with E-state index < -0.39 is 23.5 Å². The molecule has 0 fully saturated rings. The summed E-state index contributed by atoms with van der Waals surface area (Å²) in [5, 5.41) is 23.6. The van der Waals surface area contributed by atoms with Crippen molar-refractivity contribution in [2.45, 2.75) is 50.6 Å². The van der Waals surface area contributed by atoms with E-state index >= 15 is 0 Å². The average Bonchev–Trinajstić information content (AvgIpc) is 3.76. The third-order valence-corrected chi connectivity index (χ3v) is 8.79. The Morgan fingerprint density at radius 3 is 1.20 bits per heavy atom. The first-order chi connectivity index (χ1) is 24.0. The number of hydrogen-bond donors (Lipinski definition) is 2. The summed E-state index contributed by atoms with van der Waals surface area (Å²) in [4.78, 5) is 0. The van der Waals surface area contributed by atoms with Crippen molar-refractivity contribution in [3.05, 3.63) is 143 Å². The van der Waals surface area contributed by atoms with Crippen LogP contribution in [0.2, 0.25) is 0 Å². The number of rotatable bonds is 4. The highest BCUT2D eigenvalue weighted by molar-refractivity contribution is 5.63. The summed E-state index contributed by atoms with van der Waals surface area (Å²) in [7, 11) is 0. The Morgan fingerprint density at radius 1 is 0.500 bits per heavy atom. The van der Waals surface area contributed by atoms with Gasteiger partial charge in [-0.3, -0.25) is 0 Å². The Bertz CT molecular complexity index is 1890. The zero-order chi connectivity index (χ0) is 34.9. The smallest absolute Gasteiger partial charge is 0.303 e. The molecule has 2 aromatic heterocycles. The van der Waals surface area contributed by atoms with Gasteiger partial charge in [0.2, 0.25) is 0 Å². The van der Waals surface area contributed by atoms with Crippen molar-refractivity contribution in [1.29, 1.82) is 0 Å². The molecule has 0 radical (unpaired) electrons. The number of aromatic nitrogens is 6. The molecule has 0 saturated heterocycles. The van der Waals surface area contributed by atoms with E-state index in [0.29, 0.717) is 48.7 Å². The highest BCUT2D eigenvalue weighted by atomic mass is 19.4. The molecular formula is C36H30F6N8. The Kier molecular flexibility index (Phi) is 8.97. The van der Waals surface area contributed by atoms with E-state index in [9.17, 15) is 26.3 Å². The van der Waals surface area contributed by atoms with E-state index in [4.69, 9.17) is 0 Å². The normalized spacial score (nSPS) is 17.3. The number of nitrogens with zero attached hydrogens (tertiary/aromatic N) is 6. The SMILES string of the molecule is FC(F)(F)c1ccc(-c2nnn3c2CN[C@H](c2ccccc2)C3)cc1.FC(F)(F)c1ccc(-c2nnn3c2CN[C@H](c2ccccc2)C3)cc1. The third-order valence-electron chi connectivity index (χ3n) is 8.79. The van der Waals surface area contributed by atoms with Gasteiger partial charge in [0.05, 0.1) is 47.7 Å². The predicted octanol–water partition coefficient (Wildman–Crippen LogP) is 7.62. The summed E-state index contributed by atoms with van der Waals surface area (Å²) in [5.74, 6) is 0. The second-order valence-corrected chi connectivity index (χ2v) is 12.0. The maximum atomic E-state index is 12.7. The number of hydrogen-bond acceptors (Lipinski definition) is 6. The second-order valence-electron chi connectivity index (χ2n) is 12.0. The number of nitrogens with one attached hydrogen (secondary N) is 2. The summed E-state index contributed by atoms with van der Waals surface area (Å²) < 4.78 is 79.8. The van der Waals surface area contributed by atoms with E-state index in [1.54, 1.807) is 0 Å². The highest BCUT2D eigenvalue weighted by Crippen LogP contribution is 2.34. The molecule has 8 rings (SSSR count). The lowest BCUT2D eigenvalue weighted by molar-refractivity contribution is -0.138. The molecule has 50 heavy (non-hydrogen) atoms. The summed E-state index contributed by atoms with van der Waals surface area (Å²) in [6, 6.07) is 30.4. The molecule has 0 unspecified atom stereocenters.